The number of fused-ring (bicyclic) bond motifs is 3. The molecule has 2 heterocycles. The van der Waals surface area contributed by atoms with Crippen LogP contribution < -0.4 is 0 Å². The van der Waals surface area contributed by atoms with E-state index in [-0.39, 0.29) is 0 Å². The zero-order chi connectivity index (χ0) is 20.0. The second-order valence-corrected chi connectivity index (χ2v) is 8.62. The van der Waals surface area contributed by atoms with Crippen molar-refractivity contribution >= 4 is 16.9 Å². The highest BCUT2D eigenvalue weighted by atomic mass is 16.4. The number of hydrogen-bond acceptors (Lipinski definition) is 2. The highest BCUT2D eigenvalue weighted by Crippen LogP contribution is 2.45. The van der Waals surface area contributed by atoms with Crippen molar-refractivity contribution in [2.45, 2.75) is 57.5 Å². The van der Waals surface area contributed by atoms with Gasteiger partial charge in [0.05, 0.1) is 5.56 Å². The van der Waals surface area contributed by atoms with Gasteiger partial charge in [-0.25, -0.2) is 4.79 Å². The average molecular weight is 389 g/mol. The third-order valence-corrected chi connectivity index (χ3v) is 6.91. The molecule has 0 bridgehead atoms. The van der Waals surface area contributed by atoms with E-state index in [1.165, 1.54) is 65.3 Å². The Morgan fingerprint density at radius 2 is 1.86 bits per heavy atom. The zero-order valence-electron chi connectivity index (χ0n) is 16.9. The lowest BCUT2D eigenvalue weighted by Crippen LogP contribution is -2.38. The minimum absolute atomic E-state index is 0.359. The van der Waals surface area contributed by atoms with Crippen LogP contribution in [-0.2, 0) is 6.42 Å². The minimum atomic E-state index is -0.858. The minimum Gasteiger partial charge on any atom is -0.478 e. The summed E-state index contributed by atoms with van der Waals surface area (Å²) >= 11 is 0. The fourth-order valence-electron chi connectivity index (χ4n) is 5.60. The van der Waals surface area contributed by atoms with Crippen LogP contribution >= 0.6 is 0 Å². The number of carbonyl (C=O) groups is 1. The molecule has 0 amide bonds. The number of nitrogens with zero attached hydrogens (tertiary/aromatic N) is 1. The van der Waals surface area contributed by atoms with Crippen molar-refractivity contribution < 1.29 is 9.90 Å². The first kappa shape index (κ1) is 18.4. The van der Waals surface area contributed by atoms with Gasteiger partial charge in [0.25, 0.3) is 0 Å². The summed E-state index contributed by atoms with van der Waals surface area (Å²) in [5, 5.41) is 10.6. The number of likely N-dealkylation sites (tertiary alicyclic amines) is 1. The first-order valence-electron chi connectivity index (χ1n) is 10.8. The number of aromatic carboxylic acids is 1. The Labute approximate surface area is 171 Å². The lowest BCUT2D eigenvalue weighted by Gasteiger charge is -2.44. The maximum absolute atomic E-state index is 11.3. The molecule has 29 heavy (non-hydrogen) atoms. The van der Waals surface area contributed by atoms with E-state index >= 15 is 0 Å². The first-order valence-corrected chi connectivity index (χ1v) is 10.8. The Balaban J connectivity index is 1.56. The SMILES string of the molecule is Cc1cc2c(c3cc[nH]c13)C(N1CCCCC1c1ccc(C(=O)O)cc1)CCC2. The third kappa shape index (κ3) is 3.16. The predicted octanol–water partition coefficient (Wildman–Crippen LogP) is 5.78. The molecule has 0 spiro atoms. The lowest BCUT2D eigenvalue weighted by atomic mass is 9.81. The fourth-order valence-corrected chi connectivity index (χ4v) is 5.60. The highest BCUT2D eigenvalue weighted by Gasteiger charge is 2.34. The number of aromatic amines is 1. The van der Waals surface area contributed by atoms with E-state index in [4.69, 9.17) is 0 Å². The molecule has 1 aliphatic carbocycles. The molecule has 2 unspecified atom stereocenters. The predicted molar refractivity (Wildman–Crippen MR) is 115 cm³/mol. The van der Waals surface area contributed by atoms with Gasteiger partial charge in [-0.3, -0.25) is 4.90 Å². The molecule has 3 aromatic rings. The number of carboxylic acids is 1. The van der Waals surface area contributed by atoms with Gasteiger partial charge in [-0.1, -0.05) is 24.6 Å². The van der Waals surface area contributed by atoms with Crippen molar-refractivity contribution in [1.29, 1.82) is 0 Å². The second-order valence-electron chi connectivity index (χ2n) is 8.62. The number of nitrogens with one attached hydrogen (secondary N) is 1. The van der Waals surface area contributed by atoms with Gasteiger partial charge in [-0.15, -0.1) is 0 Å². The quantitative estimate of drug-likeness (QED) is 0.598. The number of hydrogen-bond donors (Lipinski definition) is 2. The Kier molecular flexibility index (Phi) is 4.67. The van der Waals surface area contributed by atoms with E-state index in [0.717, 1.165) is 13.0 Å². The van der Waals surface area contributed by atoms with Crippen LogP contribution in [0.4, 0.5) is 0 Å². The third-order valence-electron chi connectivity index (χ3n) is 6.91. The van der Waals surface area contributed by atoms with Crippen LogP contribution in [0.1, 0.15) is 76.8 Å². The zero-order valence-corrected chi connectivity index (χ0v) is 16.9. The van der Waals surface area contributed by atoms with Crippen molar-refractivity contribution in [2.24, 2.45) is 0 Å². The van der Waals surface area contributed by atoms with Gasteiger partial charge < -0.3 is 10.1 Å². The van der Waals surface area contributed by atoms with Gasteiger partial charge in [0.2, 0.25) is 0 Å². The van der Waals surface area contributed by atoms with Gasteiger partial charge >= 0.3 is 5.97 Å². The summed E-state index contributed by atoms with van der Waals surface area (Å²) in [6.45, 7) is 3.31. The van der Waals surface area contributed by atoms with Crippen molar-refractivity contribution in [1.82, 2.24) is 9.88 Å². The lowest BCUT2D eigenvalue weighted by molar-refractivity contribution is 0.0696. The topological polar surface area (TPSA) is 56.3 Å². The molecule has 0 radical (unpaired) electrons. The van der Waals surface area contributed by atoms with Gasteiger partial charge in [-0.2, -0.15) is 0 Å². The normalized spacial score (nSPS) is 22.5. The highest BCUT2D eigenvalue weighted by molar-refractivity contribution is 5.88. The summed E-state index contributed by atoms with van der Waals surface area (Å²) in [6, 6.07) is 13.0. The summed E-state index contributed by atoms with van der Waals surface area (Å²) in [5.41, 5.74) is 7.25. The van der Waals surface area contributed by atoms with Gasteiger partial charge in [0, 0.05) is 29.2 Å². The molecular formula is C25H28N2O2. The van der Waals surface area contributed by atoms with Crippen molar-refractivity contribution in [2.75, 3.05) is 6.54 Å². The van der Waals surface area contributed by atoms with Gasteiger partial charge in [-0.05, 0) is 86.0 Å². The average Bonchev–Trinajstić information content (AvgIpc) is 3.24. The molecule has 2 aliphatic rings. The second kappa shape index (κ2) is 7.34. The Hall–Kier alpha value is -2.59. The van der Waals surface area contributed by atoms with Crippen molar-refractivity contribution in [3.63, 3.8) is 0 Å². The number of benzene rings is 2. The Morgan fingerprint density at radius 3 is 2.66 bits per heavy atom. The number of carboxylic acid groups (broad SMARTS) is 1. The van der Waals surface area contributed by atoms with Crippen LogP contribution in [0.5, 0.6) is 0 Å². The van der Waals surface area contributed by atoms with Crippen LogP contribution in [0.3, 0.4) is 0 Å². The molecule has 4 heteroatoms. The van der Waals surface area contributed by atoms with Crippen LogP contribution in [-0.4, -0.2) is 27.5 Å². The molecule has 150 valence electrons. The van der Waals surface area contributed by atoms with E-state index in [2.05, 4.69) is 35.1 Å². The molecule has 1 fully saturated rings. The van der Waals surface area contributed by atoms with Crippen LogP contribution in [0.2, 0.25) is 0 Å². The largest absolute Gasteiger partial charge is 0.478 e. The monoisotopic (exact) mass is 388 g/mol. The Bertz CT molecular complexity index is 1050. The summed E-state index contributed by atoms with van der Waals surface area (Å²) < 4.78 is 0. The van der Waals surface area contributed by atoms with Crippen LogP contribution in [0.15, 0.2) is 42.6 Å². The van der Waals surface area contributed by atoms with Gasteiger partial charge in [0.15, 0.2) is 0 Å². The molecule has 2 atom stereocenters. The molecule has 2 N–H and O–H groups in total. The van der Waals surface area contributed by atoms with E-state index in [1.807, 2.05) is 12.1 Å². The summed E-state index contributed by atoms with van der Waals surface area (Å²) in [7, 11) is 0. The summed E-state index contributed by atoms with van der Waals surface area (Å²) in [5.74, 6) is -0.858. The van der Waals surface area contributed by atoms with E-state index in [1.54, 1.807) is 12.1 Å². The van der Waals surface area contributed by atoms with E-state index < -0.39 is 5.97 Å². The molecule has 0 saturated carbocycles. The maximum atomic E-state index is 11.3. The number of piperidine rings is 1. The molecule has 1 aliphatic heterocycles. The van der Waals surface area contributed by atoms with E-state index in [0.29, 0.717) is 17.6 Å². The van der Waals surface area contributed by atoms with Crippen LogP contribution in [0, 0.1) is 6.92 Å². The molecule has 2 aromatic carbocycles. The summed E-state index contributed by atoms with van der Waals surface area (Å²) in [6.07, 6.45) is 9.27. The smallest absolute Gasteiger partial charge is 0.335 e. The van der Waals surface area contributed by atoms with Gasteiger partial charge in [0.1, 0.15) is 0 Å². The maximum Gasteiger partial charge on any atom is 0.335 e. The van der Waals surface area contributed by atoms with E-state index in [9.17, 15) is 9.90 Å². The molecule has 1 saturated heterocycles. The van der Waals surface area contributed by atoms with Crippen molar-refractivity contribution in [3.8, 4) is 0 Å². The molecule has 5 rings (SSSR count). The molecule has 1 aromatic heterocycles. The standard InChI is InChI=1S/C25H28N2O2/c1-16-15-19-5-4-7-22(23(19)20-12-13-26-24(16)20)27-14-3-2-6-21(27)17-8-10-18(11-9-17)25(28)29/h8-13,15,21-22,26H,2-7,14H2,1H3,(H,28,29). The molecular weight excluding hydrogens is 360 g/mol. The molecule has 4 nitrogen and oxygen atoms in total. The first-order chi connectivity index (χ1) is 14.1. The Morgan fingerprint density at radius 1 is 1.07 bits per heavy atom. The number of H-pyrrole nitrogens is 1. The van der Waals surface area contributed by atoms with Crippen LogP contribution in [0.25, 0.3) is 10.9 Å². The summed E-state index contributed by atoms with van der Waals surface area (Å²) in [4.78, 5) is 17.4. The number of aromatic nitrogens is 1. The number of rotatable bonds is 3. The fraction of sp³-hybridized carbons (Fsp3) is 0.400. The van der Waals surface area contributed by atoms with Crippen molar-refractivity contribution in [3.05, 3.63) is 70.4 Å². The number of aryl methyl sites for hydroxylation is 2.